The van der Waals surface area contributed by atoms with Gasteiger partial charge in [-0.2, -0.15) is 0 Å². The Kier molecular flexibility index (Phi) is 9.75. The molecule has 0 aliphatic rings. The largest absolute Gasteiger partial charge is 0.375 e. The summed E-state index contributed by atoms with van der Waals surface area (Å²) in [6, 6.07) is 17.9. The van der Waals surface area contributed by atoms with Crippen LogP contribution in [0.15, 0.2) is 59.6 Å². The van der Waals surface area contributed by atoms with Gasteiger partial charge in [0.05, 0.1) is 6.10 Å². The highest BCUT2D eigenvalue weighted by atomic mass is 127. The van der Waals surface area contributed by atoms with Gasteiger partial charge in [0.2, 0.25) is 0 Å². The SMILES string of the molecule is CN=C(NCc1ccccc1Cl)NCC(OC)c1ccccc1.I. The molecule has 0 spiro atoms. The molecule has 0 radical (unpaired) electrons. The number of ether oxygens (including phenoxy) is 1. The monoisotopic (exact) mass is 459 g/mol. The van der Waals surface area contributed by atoms with Crippen LogP contribution in [0.1, 0.15) is 17.2 Å². The first-order valence-corrected chi connectivity index (χ1v) is 7.88. The Labute approximate surface area is 165 Å². The Morgan fingerprint density at radius 3 is 2.38 bits per heavy atom. The van der Waals surface area contributed by atoms with Crippen LogP contribution in [0.2, 0.25) is 5.02 Å². The van der Waals surface area contributed by atoms with Crippen LogP contribution in [0.3, 0.4) is 0 Å². The molecule has 2 N–H and O–H groups in total. The summed E-state index contributed by atoms with van der Waals surface area (Å²) in [6.45, 7) is 1.24. The Bertz CT molecular complexity index is 637. The molecule has 0 saturated carbocycles. The van der Waals surface area contributed by atoms with E-state index < -0.39 is 0 Å². The maximum Gasteiger partial charge on any atom is 0.191 e. The lowest BCUT2D eigenvalue weighted by atomic mass is 10.1. The van der Waals surface area contributed by atoms with Gasteiger partial charge in [0.1, 0.15) is 0 Å². The highest BCUT2D eigenvalue weighted by Crippen LogP contribution is 2.15. The number of rotatable bonds is 6. The predicted molar refractivity (Wildman–Crippen MR) is 111 cm³/mol. The summed E-state index contributed by atoms with van der Waals surface area (Å²) in [5.41, 5.74) is 2.16. The van der Waals surface area contributed by atoms with E-state index >= 15 is 0 Å². The average molecular weight is 460 g/mol. The number of hydrogen-bond acceptors (Lipinski definition) is 2. The number of hydrogen-bond donors (Lipinski definition) is 2. The zero-order chi connectivity index (χ0) is 16.5. The highest BCUT2D eigenvalue weighted by Gasteiger charge is 2.10. The summed E-state index contributed by atoms with van der Waals surface area (Å²) in [5, 5.41) is 7.28. The van der Waals surface area contributed by atoms with E-state index in [0.717, 1.165) is 16.1 Å². The smallest absolute Gasteiger partial charge is 0.191 e. The third-order valence-corrected chi connectivity index (χ3v) is 3.91. The minimum Gasteiger partial charge on any atom is -0.375 e. The van der Waals surface area contributed by atoms with Gasteiger partial charge in [0.15, 0.2) is 5.96 Å². The van der Waals surface area contributed by atoms with Crippen LogP contribution in [-0.2, 0) is 11.3 Å². The molecular weight excluding hydrogens is 437 g/mol. The fraction of sp³-hybridized carbons (Fsp3) is 0.278. The van der Waals surface area contributed by atoms with Crippen LogP contribution in [0.25, 0.3) is 0 Å². The number of nitrogens with zero attached hydrogens (tertiary/aromatic N) is 1. The predicted octanol–water partition coefficient (Wildman–Crippen LogP) is 4.01. The minimum atomic E-state index is -0.0323. The van der Waals surface area contributed by atoms with Crippen molar-refractivity contribution in [2.45, 2.75) is 12.6 Å². The Balaban J connectivity index is 0.00000288. The first-order valence-electron chi connectivity index (χ1n) is 7.50. The number of nitrogens with one attached hydrogen (secondary N) is 2. The lowest BCUT2D eigenvalue weighted by molar-refractivity contribution is 0.106. The number of halogens is 2. The second kappa shape index (κ2) is 11.3. The molecule has 0 bridgehead atoms. The van der Waals surface area contributed by atoms with Gasteiger partial charge in [-0.25, -0.2) is 0 Å². The molecule has 0 heterocycles. The maximum atomic E-state index is 6.16. The van der Waals surface area contributed by atoms with Crippen molar-refractivity contribution in [2.75, 3.05) is 20.7 Å². The molecule has 130 valence electrons. The average Bonchev–Trinajstić information content (AvgIpc) is 2.60. The van der Waals surface area contributed by atoms with E-state index in [1.54, 1.807) is 14.2 Å². The molecule has 1 unspecified atom stereocenters. The molecule has 0 aromatic heterocycles. The zero-order valence-electron chi connectivity index (χ0n) is 13.8. The van der Waals surface area contributed by atoms with Crippen molar-refractivity contribution < 1.29 is 4.74 Å². The van der Waals surface area contributed by atoms with E-state index in [-0.39, 0.29) is 30.1 Å². The van der Waals surface area contributed by atoms with Crippen LogP contribution in [0.4, 0.5) is 0 Å². The second-order valence-corrected chi connectivity index (χ2v) is 5.44. The van der Waals surface area contributed by atoms with Crippen LogP contribution >= 0.6 is 35.6 Å². The van der Waals surface area contributed by atoms with E-state index in [2.05, 4.69) is 27.8 Å². The van der Waals surface area contributed by atoms with Crippen molar-refractivity contribution in [3.8, 4) is 0 Å². The first-order chi connectivity index (χ1) is 11.2. The van der Waals surface area contributed by atoms with Gasteiger partial charge in [0.25, 0.3) is 0 Å². The van der Waals surface area contributed by atoms with Gasteiger partial charge in [-0.3, -0.25) is 4.99 Å². The number of guanidine groups is 1. The quantitative estimate of drug-likeness (QED) is 0.390. The number of benzene rings is 2. The van der Waals surface area contributed by atoms with Crippen LogP contribution in [0, 0.1) is 0 Å². The number of aliphatic imine (C=N–C) groups is 1. The van der Waals surface area contributed by atoms with Crippen LogP contribution < -0.4 is 10.6 Å². The molecule has 0 saturated heterocycles. The van der Waals surface area contributed by atoms with Gasteiger partial charge in [0, 0.05) is 32.3 Å². The standard InChI is InChI=1S/C18H22ClN3O.HI/c1-20-18(21-12-15-10-6-7-11-16(15)19)22-13-17(23-2)14-8-4-3-5-9-14;/h3-11,17H,12-13H2,1-2H3,(H2,20,21,22);1H. The fourth-order valence-electron chi connectivity index (χ4n) is 2.24. The molecule has 2 rings (SSSR count). The zero-order valence-corrected chi connectivity index (χ0v) is 16.9. The van der Waals surface area contributed by atoms with Gasteiger partial charge < -0.3 is 15.4 Å². The summed E-state index contributed by atoms with van der Waals surface area (Å²) in [4.78, 5) is 4.23. The number of methoxy groups -OCH3 is 1. The van der Waals surface area contributed by atoms with Gasteiger partial charge >= 0.3 is 0 Å². The fourth-order valence-corrected chi connectivity index (χ4v) is 2.44. The molecule has 0 fully saturated rings. The summed E-state index contributed by atoms with van der Waals surface area (Å²) in [5.74, 6) is 0.711. The third-order valence-electron chi connectivity index (χ3n) is 3.54. The molecule has 6 heteroatoms. The van der Waals surface area contributed by atoms with Crippen molar-refractivity contribution in [1.29, 1.82) is 0 Å². The van der Waals surface area contributed by atoms with Crippen molar-refractivity contribution in [1.82, 2.24) is 10.6 Å². The van der Waals surface area contributed by atoms with Crippen LogP contribution in [-0.4, -0.2) is 26.7 Å². The molecule has 2 aromatic carbocycles. The highest BCUT2D eigenvalue weighted by molar-refractivity contribution is 14.0. The molecule has 2 aromatic rings. The van der Waals surface area contributed by atoms with Crippen molar-refractivity contribution >= 4 is 41.5 Å². The Morgan fingerprint density at radius 2 is 1.75 bits per heavy atom. The maximum absolute atomic E-state index is 6.16. The van der Waals surface area contributed by atoms with E-state index in [1.807, 2.05) is 42.5 Å². The molecule has 0 aliphatic carbocycles. The molecular formula is C18H23ClIN3O. The van der Waals surface area contributed by atoms with Crippen molar-refractivity contribution in [2.24, 2.45) is 4.99 Å². The van der Waals surface area contributed by atoms with E-state index in [0.29, 0.717) is 19.0 Å². The summed E-state index contributed by atoms with van der Waals surface area (Å²) in [6.07, 6.45) is -0.0323. The third kappa shape index (κ3) is 6.30. The van der Waals surface area contributed by atoms with E-state index in [9.17, 15) is 0 Å². The van der Waals surface area contributed by atoms with Gasteiger partial charge in [-0.15, -0.1) is 24.0 Å². The minimum absolute atomic E-state index is 0. The van der Waals surface area contributed by atoms with Crippen LogP contribution in [0.5, 0.6) is 0 Å². The van der Waals surface area contributed by atoms with E-state index in [4.69, 9.17) is 16.3 Å². The molecule has 0 aliphatic heterocycles. The van der Waals surface area contributed by atoms with Gasteiger partial charge in [-0.1, -0.05) is 60.1 Å². The summed E-state index contributed by atoms with van der Waals surface area (Å²) in [7, 11) is 3.45. The van der Waals surface area contributed by atoms with Crippen molar-refractivity contribution in [3.63, 3.8) is 0 Å². The van der Waals surface area contributed by atoms with E-state index in [1.165, 1.54) is 0 Å². The molecule has 4 nitrogen and oxygen atoms in total. The normalized spacial score (nSPS) is 12.2. The lowest BCUT2D eigenvalue weighted by Gasteiger charge is -2.19. The summed E-state index contributed by atoms with van der Waals surface area (Å²) < 4.78 is 5.55. The Morgan fingerprint density at radius 1 is 1.08 bits per heavy atom. The lowest BCUT2D eigenvalue weighted by Crippen LogP contribution is -2.39. The second-order valence-electron chi connectivity index (χ2n) is 5.03. The van der Waals surface area contributed by atoms with Crippen molar-refractivity contribution in [3.05, 3.63) is 70.7 Å². The topological polar surface area (TPSA) is 45.7 Å². The van der Waals surface area contributed by atoms with Gasteiger partial charge in [-0.05, 0) is 17.2 Å². The Hall–Kier alpha value is -1.31. The summed E-state index contributed by atoms with van der Waals surface area (Å²) >= 11 is 6.16. The first kappa shape index (κ1) is 20.7. The molecule has 0 amide bonds. The molecule has 1 atom stereocenters. The molecule has 24 heavy (non-hydrogen) atoms.